The summed E-state index contributed by atoms with van der Waals surface area (Å²) in [6.45, 7) is 3.93. The Bertz CT molecular complexity index is 1400. The molecule has 1 aromatic heterocycles. The van der Waals surface area contributed by atoms with Gasteiger partial charge < -0.3 is 9.47 Å². The fourth-order valence-electron chi connectivity index (χ4n) is 3.69. The van der Waals surface area contributed by atoms with Crippen molar-refractivity contribution < 1.29 is 22.6 Å². The Hall–Kier alpha value is -2.47. The highest BCUT2D eigenvalue weighted by Gasteiger charge is 2.28. The van der Waals surface area contributed by atoms with Gasteiger partial charge in [-0.25, -0.2) is 18.2 Å². The zero-order chi connectivity index (χ0) is 26.5. The van der Waals surface area contributed by atoms with Gasteiger partial charge in [0.1, 0.15) is 21.4 Å². The third-order valence-corrected chi connectivity index (χ3v) is 7.55. The summed E-state index contributed by atoms with van der Waals surface area (Å²) in [4.78, 5) is 4.74. The number of aromatic nitrogens is 2. The molecule has 1 heterocycles. The zero-order valence-electron chi connectivity index (χ0n) is 19.6. The smallest absolute Gasteiger partial charge is 0.174 e. The number of nitrogens with zero attached hydrogens (tertiary/aromatic N) is 2. The van der Waals surface area contributed by atoms with Crippen LogP contribution in [0.1, 0.15) is 22.9 Å². The molecular weight excluding hydrogens is 636 g/mol. The summed E-state index contributed by atoms with van der Waals surface area (Å²) in [6.07, 6.45) is 0.901. The van der Waals surface area contributed by atoms with Crippen LogP contribution in [0.15, 0.2) is 78.5 Å². The van der Waals surface area contributed by atoms with Crippen LogP contribution in [0.25, 0.3) is 5.69 Å². The fourth-order valence-corrected chi connectivity index (χ4v) is 5.97. The second-order valence-corrected chi connectivity index (χ2v) is 10.1. The van der Waals surface area contributed by atoms with Crippen LogP contribution in [0.5, 0.6) is 5.75 Å². The molecule has 0 saturated heterocycles. The van der Waals surface area contributed by atoms with E-state index in [4.69, 9.17) is 26.1 Å². The summed E-state index contributed by atoms with van der Waals surface area (Å²) in [5.74, 6) is -1.04. The molecule has 0 bridgehead atoms. The molecule has 0 aliphatic heterocycles. The number of thioether (sulfide) groups is 1. The van der Waals surface area contributed by atoms with Crippen LogP contribution in [0.2, 0.25) is 5.02 Å². The molecule has 10 heteroatoms. The van der Waals surface area contributed by atoms with Gasteiger partial charge in [0.25, 0.3) is 0 Å². The minimum absolute atomic E-state index is 0.0661. The molecule has 0 fully saturated rings. The minimum atomic E-state index is -0.705. The van der Waals surface area contributed by atoms with Crippen LogP contribution >= 0.6 is 46.0 Å². The summed E-state index contributed by atoms with van der Waals surface area (Å²) < 4.78 is 56.2. The molecule has 4 aromatic rings. The van der Waals surface area contributed by atoms with Gasteiger partial charge in [0.2, 0.25) is 0 Å². The maximum atomic E-state index is 14.5. The van der Waals surface area contributed by atoms with Gasteiger partial charge in [0, 0.05) is 22.0 Å². The topological polar surface area (TPSA) is 36.3 Å². The van der Waals surface area contributed by atoms with Gasteiger partial charge in [-0.15, -0.1) is 6.58 Å². The van der Waals surface area contributed by atoms with Crippen LogP contribution < -0.4 is 4.74 Å². The number of rotatable bonds is 10. The summed E-state index contributed by atoms with van der Waals surface area (Å²) in [5, 5.41) is 0.833. The van der Waals surface area contributed by atoms with E-state index in [1.54, 1.807) is 42.5 Å². The van der Waals surface area contributed by atoms with Crippen LogP contribution in [-0.4, -0.2) is 23.3 Å². The lowest BCUT2D eigenvalue weighted by Crippen LogP contribution is -2.14. The Morgan fingerprint density at radius 3 is 2.54 bits per heavy atom. The average molecular weight is 657 g/mol. The summed E-state index contributed by atoms with van der Waals surface area (Å²) in [5.41, 5.74) is 2.22. The maximum absolute atomic E-state index is 14.5. The SMILES string of the molecule is C=CCOC(c1ccc(F)c(OC)c1)c1c(I)nc(SCc2c(F)cccc2Cl)n1-c1ccc(F)cc1. The first-order chi connectivity index (χ1) is 17.8. The van der Waals surface area contributed by atoms with E-state index in [9.17, 15) is 13.2 Å². The van der Waals surface area contributed by atoms with E-state index < -0.39 is 23.6 Å². The lowest BCUT2D eigenvalue weighted by molar-refractivity contribution is 0.0987. The fraction of sp³-hybridized carbons (Fsp3) is 0.148. The summed E-state index contributed by atoms with van der Waals surface area (Å²) >= 11 is 9.61. The van der Waals surface area contributed by atoms with Crippen molar-refractivity contribution in [3.8, 4) is 11.4 Å². The van der Waals surface area contributed by atoms with Crippen LogP contribution in [0, 0.1) is 21.2 Å². The van der Waals surface area contributed by atoms with Crippen molar-refractivity contribution in [2.75, 3.05) is 13.7 Å². The second kappa shape index (κ2) is 12.4. The molecule has 0 aliphatic rings. The predicted octanol–water partition coefficient (Wildman–Crippen LogP) is 8.14. The van der Waals surface area contributed by atoms with Crippen LogP contribution in [-0.2, 0) is 10.5 Å². The molecule has 1 unspecified atom stereocenters. The van der Waals surface area contributed by atoms with E-state index >= 15 is 0 Å². The highest BCUT2D eigenvalue weighted by atomic mass is 127. The first-order valence-corrected chi connectivity index (χ1v) is 13.4. The first kappa shape index (κ1) is 27.6. The molecule has 0 N–H and O–H groups in total. The molecule has 3 aromatic carbocycles. The van der Waals surface area contributed by atoms with Crippen molar-refractivity contribution >= 4 is 46.0 Å². The molecule has 37 heavy (non-hydrogen) atoms. The highest BCUT2D eigenvalue weighted by Crippen LogP contribution is 2.38. The lowest BCUT2D eigenvalue weighted by Gasteiger charge is -2.22. The van der Waals surface area contributed by atoms with E-state index in [1.807, 2.05) is 4.57 Å². The Balaban J connectivity index is 1.86. The average Bonchev–Trinajstić information content (AvgIpc) is 3.21. The largest absolute Gasteiger partial charge is 0.494 e. The second-order valence-electron chi connectivity index (χ2n) is 7.77. The molecule has 0 saturated carbocycles. The molecule has 192 valence electrons. The molecule has 0 spiro atoms. The van der Waals surface area contributed by atoms with Crippen molar-refractivity contribution in [1.82, 2.24) is 9.55 Å². The highest BCUT2D eigenvalue weighted by molar-refractivity contribution is 14.1. The molecule has 1 atom stereocenters. The number of imidazole rings is 1. The third-order valence-electron chi connectivity index (χ3n) is 5.44. The van der Waals surface area contributed by atoms with Crippen molar-refractivity contribution in [2.45, 2.75) is 17.0 Å². The van der Waals surface area contributed by atoms with Gasteiger partial charge in [0.05, 0.1) is 19.4 Å². The monoisotopic (exact) mass is 656 g/mol. The number of halogens is 5. The predicted molar refractivity (Wildman–Crippen MR) is 148 cm³/mol. The molecule has 0 aliphatic carbocycles. The quantitative estimate of drug-likeness (QED) is 0.0981. The first-order valence-electron chi connectivity index (χ1n) is 11.0. The van der Waals surface area contributed by atoms with E-state index in [2.05, 4.69) is 29.2 Å². The molecule has 4 nitrogen and oxygen atoms in total. The number of methoxy groups -OCH3 is 1. The van der Waals surface area contributed by atoms with Gasteiger partial charge in [-0.05, 0) is 76.7 Å². The zero-order valence-corrected chi connectivity index (χ0v) is 23.3. The Kier molecular flexibility index (Phi) is 9.22. The Labute approximate surface area is 235 Å². The number of benzene rings is 3. The number of ether oxygens (including phenoxy) is 2. The molecular formula is C27H21ClF3IN2O2S. The molecule has 4 rings (SSSR count). The Morgan fingerprint density at radius 2 is 1.86 bits per heavy atom. The van der Waals surface area contributed by atoms with Crippen LogP contribution in [0.4, 0.5) is 13.2 Å². The van der Waals surface area contributed by atoms with E-state index in [0.29, 0.717) is 36.4 Å². The van der Waals surface area contributed by atoms with Crippen molar-refractivity contribution in [3.05, 3.63) is 116 Å². The van der Waals surface area contributed by atoms with Crippen molar-refractivity contribution in [1.29, 1.82) is 0 Å². The number of hydrogen-bond donors (Lipinski definition) is 0. The van der Waals surface area contributed by atoms with Crippen molar-refractivity contribution in [2.24, 2.45) is 0 Å². The van der Waals surface area contributed by atoms with Gasteiger partial charge in [-0.2, -0.15) is 0 Å². The van der Waals surface area contributed by atoms with E-state index in [0.717, 1.165) is 0 Å². The summed E-state index contributed by atoms with van der Waals surface area (Å²) in [7, 11) is 1.39. The van der Waals surface area contributed by atoms with Crippen LogP contribution in [0.3, 0.4) is 0 Å². The maximum Gasteiger partial charge on any atom is 0.174 e. The summed E-state index contributed by atoms with van der Waals surface area (Å²) in [6, 6.07) is 14.9. The molecule has 0 radical (unpaired) electrons. The van der Waals surface area contributed by atoms with E-state index in [-0.39, 0.29) is 18.1 Å². The van der Waals surface area contributed by atoms with E-state index in [1.165, 1.54) is 43.1 Å². The van der Waals surface area contributed by atoms with Gasteiger partial charge >= 0.3 is 0 Å². The third kappa shape index (κ3) is 6.17. The standard InChI is InChI=1S/C27H21ClF3IN2O2S/c1-3-13-36-25(16-7-12-22(31)23(14-16)35-2)24-26(32)33-27(34(24)18-10-8-17(29)9-11-18)37-15-19-20(28)5-4-6-21(19)30/h3-12,14,25H,1,13,15H2,2H3. The van der Waals surface area contributed by atoms with Gasteiger partial charge in [-0.1, -0.05) is 41.6 Å². The van der Waals surface area contributed by atoms with Crippen molar-refractivity contribution in [3.63, 3.8) is 0 Å². The normalized spacial score (nSPS) is 11.9. The molecule has 0 amide bonds. The number of hydrogen-bond acceptors (Lipinski definition) is 4. The van der Waals surface area contributed by atoms with Gasteiger partial charge in [-0.3, -0.25) is 4.57 Å². The Morgan fingerprint density at radius 1 is 1.11 bits per heavy atom. The minimum Gasteiger partial charge on any atom is -0.494 e. The lowest BCUT2D eigenvalue weighted by atomic mass is 10.1. The van der Waals surface area contributed by atoms with Gasteiger partial charge in [0.15, 0.2) is 16.7 Å².